The zero-order valence-corrected chi connectivity index (χ0v) is 16.2. The molecule has 1 fully saturated rings. The quantitative estimate of drug-likeness (QED) is 0.714. The van der Waals surface area contributed by atoms with Gasteiger partial charge >= 0.3 is 0 Å². The fourth-order valence-electron chi connectivity index (χ4n) is 3.63. The van der Waals surface area contributed by atoms with Gasteiger partial charge < -0.3 is 9.64 Å². The lowest BCUT2D eigenvalue weighted by Crippen LogP contribution is -2.49. The molecule has 0 atom stereocenters. The fraction of sp³-hybridized carbons (Fsp3) is 0.381. The van der Waals surface area contributed by atoms with Gasteiger partial charge in [-0.25, -0.2) is 4.98 Å². The molecule has 140 valence electrons. The molecule has 0 bridgehead atoms. The Morgan fingerprint density at radius 3 is 2.70 bits per heavy atom. The molecule has 1 aliphatic rings. The monoisotopic (exact) mass is 364 g/mol. The largest absolute Gasteiger partial charge is 0.380 e. The van der Waals surface area contributed by atoms with E-state index in [2.05, 4.69) is 12.0 Å². The number of hydrogen-bond acceptors (Lipinski definition) is 4. The van der Waals surface area contributed by atoms with Crippen LogP contribution in [0.3, 0.4) is 0 Å². The number of para-hydroxylation sites is 1. The lowest BCUT2D eigenvalue weighted by Gasteiger charge is -2.40. The molecule has 1 aliphatic heterocycles. The van der Waals surface area contributed by atoms with E-state index in [-0.39, 0.29) is 11.3 Å². The zero-order valence-electron chi connectivity index (χ0n) is 16.2. The third-order valence-corrected chi connectivity index (χ3v) is 5.32. The van der Waals surface area contributed by atoms with Gasteiger partial charge in [0.1, 0.15) is 0 Å². The summed E-state index contributed by atoms with van der Waals surface area (Å²) in [6.07, 6.45) is 1.80. The SMILES string of the molecule is Cc1c(-c2cc(C(=O)N(C)CC3(C)COC3)c3ccccc3n2)cnn1C. The topological polar surface area (TPSA) is 60.3 Å². The molecule has 2 aromatic heterocycles. The predicted octanol–water partition coefficient (Wildman–Crippen LogP) is 3.05. The number of ether oxygens (including phenoxy) is 1. The van der Waals surface area contributed by atoms with Gasteiger partial charge in [-0.3, -0.25) is 9.48 Å². The average molecular weight is 364 g/mol. The smallest absolute Gasteiger partial charge is 0.254 e. The highest BCUT2D eigenvalue weighted by molar-refractivity contribution is 6.07. The van der Waals surface area contributed by atoms with Gasteiger partial charge in [0.25, 0.3) is 5.91 Å². The lowest BCUT2D eigenvalue weighted by molar-refractivity contribution is -0.109. The van der Waals surface area contributed by atoms with Crippen LogP contribution in [-0.4, -0.2) is 52.4 Å². The van der Waals surface area contributed by atoms with E-state index in [1.165, 1.54) is 0 Å². The summed E-state index contributed by atoms with van der Waals surface area (Å²) in [5, 5.41) is 5.19. The summed E-state index contributed by atoms with van der Waals surface area (Å²) < 4.78 is 7.15. The Hall–Kier alpha value is -2.73. The zero-order chi connectivity index (χ0) is 19.2. The van der Waals surface area contributed by atoms with Crippen molar-refractivity contribution < 1.29 is 9.53 Å². The molecule has 6 nitrogen and oxygen atoms in total. The third kappa shape index (κ3) is 3.10. The van der Waals surface area contributed by atoms with Crippen molar-refractivity contribution in [3.05, 3.63) is 47.8 Å². The molecule has 3 heterocycles. The number of carbonyl (C=O) groups excluding carboxylic acids is 1. The number of carbonyl (C=O) groups is 1. The molecular weight excluding hydrogens is 340 g/mol. The second kappa shape index (κ2) is 6.46. The van der Waals surface area contributed by atoms with E-state index < -0.39 is 0 Å². The van der Waals surface area contributed by atoms with Crippen molar-refractivity contribution in [3.8, 4) is 11.3 Å². The molecule has 3 aromatic rings. The molecule has 6 heteroatoms. The van der Waals surface area contributed by atoms with Crippen molar-refractivity contribution in [2.75, 3.05) is 26.8 Å². The Bertz CT molecular complexity index is 1020. The Morgan fingerprint density at radius 2 is 2.07 bits per heavy atom. The van der Waals surface area contributed by atoms with Crippen LogP contribution in [0.1, 0.15) is 23.0 Å². The van der Waals surface area contributed by atoms with Gasteiger partial charge in [-0.2, -0.15) is 5.10 Å². The molecule has 27 heavy (non-hydrogen) atoms. The summed E-state index contributed by atoms with van der Waals surface area (Å²) in [5.74, 6) is 0.00418. The number of hydrogen-bond donors (Lipinski definition) is 0. The van der Waals surface area contributed by atoms with Crippen molar-refractivity contribution in [1.82, 2.24) is 19.7 Å². The second-order valence-electron chi connectivity index (χ2n) is 7.80. The normalized spacial score (nSPS) is 15.6. The van der Waals surface area contributed by atoms with E-state index in [0.717, 1.165) is 27.9 Å². The van der Waals surface area contributed by atoms with Crippen molar-refractivity contribution in [1.29, 1.82) is 0 Å². The summed E-state index contributed by atoms with van der Waals surface area (Å²) >= 11 is 0. The molecule has 0 aliphatic carbocycles. The van der Waals surface area contributed by atoms with Crippen LogP contribution in [0.2, 0.25) is 0 Å². The lowest BCUT2D eigenvalue weighted by atomic mass is 9.88. The van der Waals surface area contributed by atoms with Gasteiger partial charge in [-0.05, 0) is 19.1 Å². The van der Waals surface area contributed by atoms with Crippen molar-refractivity contribution >= 4 is 16.8 Å². The van der Waals surface area contributed by atoms with Crippen LogP contribution in [-0.2, 0) is 11.8 Å². The van der Waals surface area contributed by atoms with Gasteiger partial charge in [-0.1, -0.05) is 25.1 Å². The van der Waals surface area contributed by atoms with E-state index >= 15 is 0 Å². The first kappa shape index (κ1) is 17.7. The van der Waals surface area contributed by atoms with Gasteiger partial charge in [0, 0.05) is 42.7 Å². The number of fused-ring (bicyclic) bond motifs is 1. The van der Waals surface area contributed by atoms with Crippen LogP contribution in [0.4, 0.5) is 0 Å². The minimum absolute atomic E-state index is 0.00418. The van der Waals surface area contributed by atoms with Crippen LogP contribution in [0.25, 0.3) is 22.2 Å². The Labute approximate surface area is 158 Å². The molecule has 0 spiro atoms. The van der Waals surface area contributed by atoms with Crippen LogP contribution < -0.4 is 0 Å². The molecule has 0 radical (unpaired) electrons. The first-order valence-corrected chi connectivity index (χ1v) is 9.10. The summed E-state index contributed by atoms with van der Waals surface area (Å²) in [5.41, 5.74) is 4.26. The number of pyridine rings is 1. The first-order valence-electron chi connectivity index (χ1n) is 9.10. The number of benzene rings is 1. The fourth-order valence-corrected chi connectivity index (χ4v) is 3.63. The number of nitrogens with zero attached hydrogens (tertiary/aromatic N) is 4. The Balaban J connectivity index is 1.78. The van der Waals surface area contributed by atoms with Gasteiger partial charge in [-0.15, -0.1) is 0 Å². The van der Waals surface area contributed by atoms with Crippen LogP contribution >= 0.6 is 0 Å². The molecular formula is C21H24N4O2. The molecule has 4 rings (SSSR count). The van der Waals surface area contributed by atoms with Gasteiger partial charge in [0.2, 0.25) is 0 Å². The van der Waals surface area contributed by atoms with E-state index in [4.69, 9.17) is 9.72 Å². The molecule has 1 saturated heterocycles. The van der Waals surface area contributed by atoms with Crippen LogP contribution in [0.5, 0.6) is 0 Å². The van der Waals surface area contributed by atoms with Crippen molar-refractivity contribution in [2.24, 2.45) is 12.5 Å². The highest BCUT2D eigenvalue weighted by Gasteiger charge is 2.36. The average Bonchev–Trinajstić information content (AvgIpc) is 2.97. The maximum absolute atomic E-state index is 13.3. The van der Waals surface area contributed by atoms with E-state index in [9.17, 15) is 4.79 Å². The summed E-state index contributed by atoms with van der Waals surface area (Å²) in [6, 6.07) is 9.68. The number of amides is 1. The molecule has 0 unspecified atom stereocenters. The maximum Gasteiger partial charge on any atom is 0.254 e. The summed E-state index contributed by atoms with van der Waals surface area (Å²) in [7, 11) is 3.76. The molecule has 1 aromatic carbocycles. The molecule has 0 saturated carbocycles. The predicted molar refractivity (Wildman–Crippen MR) is 105 cm³/mol. The van der Waals surface area contributed by atoms with Crippen LogP contribution in [0, 0.1) is 12.3 Å². The van der Waals surface area contributed by atoms with Gasteiger partial charge in [0.05, 0.1) is 36.2 Å². The molecule has 0 N–H and O–H groups in total. The number of rotatable bonds is 4. The summed E-state index contributed by atoms with van der Waals surface area (Å²) in [6.45, 7) is 6.22. The number of aryl methyl sites for hydroxylation is 1. The van der Waals surface area contributed by atoms with E-state index in [1.807, 2.05) is 56.0 Å². The highest BCUT2D eigenvalue weighted by Crippen LogP contribution is 2.30. The standard InChI is InChI=1S/C21H24N4O2/c1-14-17(10-22-25(14)4)19-9-16(15-7-5-6-8-18(15)23-19)20(26)24(3)11-21(2)12-27-13-21/h5-10H,11-13H2,1-4H3. The van der Waals surface area contributed by atoms with Crippen LogP contribution in [0.15, 0.2) is 36.5 Å². The first-order chi connectivity index (χ1) is 12.9. The van der Waals surface area contributed by atoms with Crippen molar-refractivity contribution in [2.45, 2.75) is 13.8 Å². The van der Waals surface area contributed by atoms with E-state index in [0.29, 0.717) is 25.3 Å². The maximum atomic E-state index is 13.3. The minimum Gasteiger partial charge on any atom is -0.380 e. The second-order valence-corrected chi connectivity index (χ2v) is 7.80. The molecule has 1 amide bonds. The van der Waals surface area contributed by atoms with E-state index in [1.54, 1.807) is 11.1 Å². The van der Waals surface area contributed by atoms with Crippen molar-refractivity contribution in [3.63, 3.8) is 0 Å². The Morgan fingerprint density at radius 1 is 1.33 bits per heavy atom. The summed E-state index contributed by atoms with van der Waals surface area (Å²) in [4.78, 5) is 19.9. The van der Waals surface area contributed by atoms with Gasteiger partial charge in [0.15, 0.2) is 0 Å². The third-order valence-electron chi connectivity index (χ3n) is 5.32. The minimum atomic E-state index is 0.00418. The number of aromatic nitrogens is 3. The Kier molecular flexibility index (Phi) is 4.23. The highest BCUT2D eigenvalue weighted by atomic mass is 16.5.